The molecule has 26 heavy (non-hydrogen) atoms. The molecule has 2 unspecified atom stereocenters. The maximum absolute atomic E-state index is 5.80. The van der Waals surface area contributed by atoms with E-state index in [1.165, 1.54) is 11.1 Å². The van der Waals surface area contributed by atoms with Crippen molar-refractivity contribution >= 4 is 41.7 Å². The number of hydrogen-bond acceptors (Lipinski definition) is 4. The molecule has 148 valence electrons. The van der Waals surface area contributed by atoms with Crippen molar-refractivity contribution in [2.24, 2.45) is 4.99 Å². The molecule has 2 rings (SSSR count). The third-order valence-electron chi connectivity index (χ3n) is 4.21. The molecule has 0 spiro atoms. The molecule has 1 aliphatic heterocycles. The van der Waals surface area contributed by atoms with Crippen LogP contribution in [-0.4, -0.2) is 61.8 Å². The average Bonchev–Trinajstić information content (AvgIpc) is 2.58. The first kappa shape index (κ1) is 23.5. The van der Waals surface area contributed by atoms with Gasteiger partial charge in [-0.1, -0.05) is 24.3 Å². The van der Waals surface area contributed by atoms with Gasteiger partial charge in [-0.05, 0) is 31.2 Å². The summed E-state index contributed by atoms with van der Waals surface area (Å²) in [6.45, 7) is 9.01. The quantitative estimate of drug-likeness (QED) is 0.265. The normalized spacial score (nSPS) is 21.2. The number of hydrogen-bond donors (Lipinski definition) is 2. The van der Waals surface area contributed by atoms with Crippen LogP contribution >= 0.6 is 35.7 Å². The molecular formula is C19H33IN4OS. The molecule has 0 aromatic heterocycles. The molecule has 1 saturated heterocycles. The Hall–Kier alpha value is -0.510. The van der Waals surface area contributed by atoms with Crippen molar-refractivity contribution in [2.45, 2.75) is 39.1 Å². The zero-order valence-electron chi connectivity index (χ0n) is 16.3. The van der Waals surface area contributed by atoms with Gasteiger partial charge in [-0.3, -0.25) is 9.89 Å². The second-order valence-electron chi connectivity index (χ2n) is 6.61. The van der Waals surface area contributed by atoms with E-state index in [2.05, 4.69) is 64.9 Å². The summed E-state index contributed by atoms with van der Waals surface area (Å²) >= 11 is 1.83. The van der Waals surface area contributed by atoms with Gasteiger partial charge in [-0.15, -0.1) is 24.0 Å². The lowest BCUT2D eigenvalue weighted by Crippen LogP contribution is -2.44. The van der Waals surface area contributed by atoms with Crippen LogP contribution in [0.2, 0.25) is 0 Å². The number of ether oxygens (including phenoxy) is 1. The first-order valence-electron chi connectivity index (χ1n) is 8.99. The number of guanidine groups is 1. The summed E-state index contributed by atoms with van der Waals surface area (Å²) < 4.78 is 5.80. The third kappa shape index (κ3) is 8.45. The highest BCUT2D eigenvalue weighted by molar-refractivity contribution is 14.0. The van der Waals surface area contributed by atoms with Crippen LogP contribution in [0.3, 0.4) is 0 Å². The molecular weight excluding hydrogens is 459 g/mol. The fourth-order valence-corrected chi connectivity index (χ4v) is 3.42. The van der Waals surface area contributed by atoms with E-state index in [1.807, 2.05) is 18.8 Å². The van der Waals surface area contributed by atoms with E-state index in [0.717, 1.165) is 44.4 Å². The van der Waals surface area contributed by atoms with Gasteiger partial charge in [-0.2, -0.15) is 11.8 Å². The van der Waals surface area contributed by atoms with Gasteiger partial charge in [0.05, 0.1) is 12.2 Å². The summed E-state index contributed by atoms with van der Waals surface area (Å²) in [6, 6.07) is 8.85. The van der Waals surface area contributed by atoms with Crippen LogP contribution < -0.4 is 10.6 Å². The maximum Gasteiger partial charge on any atom is 0.191 e. The Kier molecular flexibility index (Phi) is 11.6. The van der Waals surface area contributed by atoms with E-state index in [0.29, 0.717) is 12.2 Å². The number of benzene rings is 1. The Morgan fingerprint density at radius 2 is 1.77 bits per heavy atom. The zero-order valence-corrected chi connectivity index (χ0v) is 19.5. The van der Waals surface area contributed by atoms with Gasteiger partial charge in [0.2, 0.25) is 0 Å². The van der Waals surface area contributed by atoms with Crippen LogP contribution in [0.15, 0.2) is 29.3 Å². The smallest absolute Gasteiger partial charge is 0.191 e. The summed E-state index contributed by atoms with van der Waals surface area (Å²) in [6.07, 6.45) is 2.74. The molecule has 1 aromatic rings. The summed E-state index contributed by atoms with van der Waals surface area (Å²) in [5, 5.41) is 6.67. The van der Waals surface area contributed by atoms with E-state index >= 15 is 0 Å². The predicted octanol–water partition coefficient (Wildman–Crippen LogP) is 2.94. The van der Waals surface area contributed by atoms with Crippen LogP contribution in [0.4, 0.5) is 0 Å². The Morgan fingerprint density at radius 1 is 1.15 bits per heavy atom. The Balaban J connectivity index is 0.00000338. The van der Waals surface area contributed by atoms with Gasteiger partial charge in [0, 0.05) is 45.5 Å². The Bertz CT molecular complexity index is 531. The molecule has 1 fully saturated rings. The van der Waals surface area contributed by atoms with Crippen LogP contribution in [0.1, 0.15) is 25.0 Å². The molecule has 0 amide bonds. The van der Waals surface area contributed by atoms with E-state index in [9.17, 15) is 0 Å². The monoisotopic (exact) mass is 492 g/mol. The number of nitrogens with one attached hydrogen (secondary N) is 2. The molecule has 0 saturated carbocycles. The van der Waals surface area contributed by atoms with Gasteiger partial charge in [0.15, 0.2) is 5.96 Å². The van der Waals surface area contributed by atoms with Crippen LogP contribution in [0.25, 0.3) is 0 Å². The summed E-state index contributed by atoms with van der Waals surface area (Å²) in [7, 11) is 1.81. The van der Waals surface area contributed by atoms with Crippen LogP contribution in [-0.2, 0) is 17.8 Å². The molecule has 1 aliphatic rings. The summed E-state index contributed by atoms with van der Waals surface area (Å²) in [5.74, 6) is 1.93. The number of morpholine rings is 1. The minimum Gasteiger partial charge on any atom is -0.373 e. The van der Waals surface area contributed by atoms with Crippen molar-refractivity contribution in [3.8, 4) is 0 Å². The largest absolute Gasteiger partial charge is 0.373 e. The van der Waals surface area contributed by atoms with Crippen molar-refractivity contribution in [2.75, 3.05) is 38.7 Å². The highest BCUT2D eigenvalue weighted by Crippen LogP contribution is 2.14. The Labute approximate surface area is 179 Å². The minimum absolute atomic E-state index is 0. The van der Waals surface area contributed by atoms with E-state index < -0.39 is 0 Å². The average molecular weight is 492 g/mol. The van der Waals surface area contributed by atoms with Crippen molar-refractivity contribution in [3.63, 3.8) is 0 Å². The maximum atomic E-state index is 5.80. The molecule has 7 heteroatoms. The number of rotatable bonds is 7. The fourth-order valence-electron chi connectivity index (χ4n) is 3.11. The van der Waals surface area contributed by atoms with Gasteiger partial charge in [0.1, 0.15) is 0 Å². The zero-order chi connectivity index (χ0) is 18.1. The number of nitrogens with zero attached hydrogens (tertiary/aromatic N) is 2. The molecule has 0 radical (unpaired) electrons. The lowest BCUT2D eigenvalue weighted by Gasteiger charge is -2.35. The van der Waals surface area contributed by atoms with Gasteiger partial charge in [0.25, 0.3) is 0 Å². The second kappa shape index (κ2) is 12.8. The van der Waals surface area contributed by atoms with Crippen molar-refractivity contribution in [1.82, 2.24) is 15.5 Å². The second-order valence-corrected chi connectivity index (χ2v) is 7.60. The minimum atomic E-state index is 0. The van der Waals surface area contributed by atoms with Gasteiger partial charge < -0.3 is 15.4 Å². The van der Waals surface area contributed by atoms with Crippen LogP contribution in [0.5, 0.6) is 0 Å². The highest BCUT2D eigenvalue weighted by atomic mass is 127. The molecule has 1 heterocycles. The lowest BCUT2D eigenvalue weighted by atomic mass is 10.1. The Morgan fingerprint density at radius 3 is 2.35 bits per heavy atom. The summed E-state index contributed by atoms with van der Waals surface area (Å²) in [4.78, 5) is 6.73. The number of aliphatic imine (C=N–C) groups is 1. The molecule has 2 N–H and O–H groups in total. The molecule has 2 atom stereocenters. The predicted molar refractivity (Wildman–Crippen MR) is 124 cm³/mol. The van der Waals surface area contributed by atoms with Gasteiger partial charge in [-0.25, -0.2) is 0 Å². The first-order valence-corrected chi connectivity index (χ1v) is 10.4. The lowest BCUT2D eigenvalue weighted by molar-refractivity contribution is -0.0704. The summed E-state index contributed by atoms with van der Waals surface area (Å²) in [5.41, 5.74) is 2.62. The van der Waals surface area contributed by atoms with Crippen LogP contribution in [0, 0.1) is 0 Å². The van der Waals surface area contributed by atoms with Gasteiger partial charge >= 0.3 is 0 Å². The molecule has 1 aromatic carbocycles. The SMILES string of the molecule is CN=C(NCCSC)NCc1ccc(CN2CC(C)OC(C)C2)cc1.I. The van der Waals surface area contributed by atoms with Crippen molar-refractivity contribution < 1.29 is 4.74 Å². The first-order chi connectivity index (χ1) is 12.1. The number of thioether (sulfide) groups is 1. The van der Waals surface area contributed by atoms with E-state index in [1.54, 1.807) is 0 Å². The van der Waals surface area contributed by atoms with E-state index in [4.69, 9.17) is 4.74 Å². The molecule has 5 nitrogen and oxygen atoms in total. The highest BCUT2D eigenvalue weighted by Gasteiger charge is 2.21. The van der Waals surface area contributed by atoms with Crippen molar-refractivity contribution in [1.29, 1.82) is 0 Å². The van der Waals surface area contributed by atoms with Crippen molar-refractivity contribution in [3.05, 3.63) is 35.4 Å². The molecule has 0 aliphatic carbocycles. The van der Waals surface area contributed by atoms with E-state index in [-0.39, 0.29) is 24.0 Å². The number of halogens is 1. The standard InChI is InChI=1S/C19H32N4OS.HI/c1-15-12-23(13-16(2)24-15)14-18-7-5-17(6-8-18)11-22-19(20-3)21-9-10-25-4;/h5-8,15-16H,9-14H2,1-4H3,(H2,20,21,22);1H. The topological polar surface area (TPSA) is 48.9 Å². The fraction of sp³-hybridized carbons (Fsp3) is 0.632. The third-order valence-corrected chi connectivity index (χ3v) is 4.82. The molecule has 0 bridgehead atoms.